The lowest BCUT2D eigenvalue weighted by molar-refractivity contribution is 0.536. The van der Waals surface area contributed by atoms with Gasteiger partial charge in [0.1, 0.15) is 4.90 Å². The second-order valence-electron chi connectivity index (χ2n) is 5.57. The smallest absolute Gasteiger partial charge is 0.244 e. The van der Waals surface area contributed by atoms with Gasteiger partial charge in [0, 0.05) is 12.6 Å². The summed E-state index contributed by atoms with van der Waals surface area (Å²) in [6.45, 7) is 6.92. The SMILES string of the molecule is CNCCn1nc(C)c(S(=O)(=O)NC(C)C2CC2)c1C. The van der Waals surface area contributed by atoms with Crippen LogP contribution in [0.1, 0.15) is 31.2 Å². The topological polar surface area (TPSA) is 76.0 Å². The van der Waals surface area contributed by atoms with Crippen LogP contribution in [0.15, 0.2) is 4.90 Å². The summed E-state index contributed by atoms with van der Waals surface area (Å²) in [4.78, 5) is 0.334. The molecular weight excluding hydrogens is 276 g/mol. The van der Waals surface area contributed by atoms with Crippen molar-refractivity contribution in [2.45, 2.75) is 51.1 Å². The Morgan fingerprint density at radius 3 is 2.60 bits per heavy atom. The van der Waals surface area contributed by atoms with E-state index in [9.17, 15) is 8.42 Å². The number of aromatic nitrogens is 2. The minimum Gasteiger partial charge on any atom is -0.318 e. The van der Waals surface area contributed by atoms with E-state index in [1.165, 1.54) is 0 Å². The van der Waals surface area contributed by atoms with Gasteiger partial charge in [0.25, 0.3) is 0 Å². The van der Waals surface area contributed by atoms with Crippen molar-refractivity contribution < 1.29 is 8.42 Å². The molecule has 0 bridgehead atoms. The average molecular weight is 300 g/mol. The Labute approximate surface area is 121 Å². The summed E-state index contributed by atoms with van der Waals surface area (Å²) >= 11 is 0. The second kappa shape index (κ2) is 5.83. The molecule has 2 N–H and O–H groups in total. The molecule has 1 atom stereocenters. The van der Waals surface area contributed by atoms with Crippen LogP contribution < -0.4 is 10.0 Å². The van der Waals surface area contributed by atoms with Crippen LogP contribution >= 0.6 is 0 Å². The van der Waals surface area contributed by atoms with Gasteiger partial charge in [0.05, 0.1) is 17.9 Å². The highest BCUT2D eigenvalue weighted by Crippen LogP contribution is 2.33. The molecule has 1 aliphatic rings. The highest BCUT2D eigenvalue weighted by Gasteiger charge is 2.33. The molecule has 1 aromatic rings. The summed E-state index contributed by atoms with van der Waals surface area (Å²) in [5.74, 6) is 0.490. The molecule has 2 rings (SSSR count). The Morgan fingerprint density at radius 1 is 1.40 bits per heavy atom. The van der Waals surface area contributed by atoms with E-state index in [1.54, 1.807) is 11.6 Å². The van der Waals surface area contributed by atoms with E-state index in [4.69, 9.17) is 0 Å². The van der Waals surface area contributed by atoms with Crippen molar-refractivity contribution in [1.82, 2.24) is 19.8 Å². The third-order valence-electron chi connectivity index (χ3n) is 3.83. The van der Waals surface area contributed by atoms with Crippen molar-refractivity contribution in [3.05, 3.63) is 11.4 Å². The standard InChI is InChI=1S/C13H24N4O2S/c1-9(12-5-6-12)16-20(18,19)13-10(2)15-17(11(13)3)8-7-14-4/h9,12,14,16H,5-8H2,1-4H3. The minimum atomic E-state index is -3.48. The Hall–Kier alpha value is -0.920. The highest BCUT2D eigenvalue weighted by atomic mass is 32.2. The first-order chi connectivity index (χ1) is 9.36. The molecule has 0 amide bonds. The van der Waals surface area contributed by atoms with Crippen LogP contribution in [0.5, 0.6) is 0 Å². The monoisotopic (exact) mass is 300 g/mol. The maximum atomic E-state index is 12.5. The molecule has 1 unspecified atom stereocenters. The summed E-state index contributed by atoms with van der Waals surface area (Å²) in [6, 6.07) is -0.000501. The molecule has 114 valence electrons. The van der Waals surface area contributed by atoms with E-state index in [2.05, 4.69) is 15.1 Å². The zero-order valence-electron chi connectivity index (χ0n) is 12.6. The molecule has 20 heavy (non-hydrogen) atoms. The van der Waals surface area contributed by atoms with Crippen molar-refractivity contribution >= 4 is 10.0 Å². The second-order valence-corrected chi connectivity index (χ2v) is 7.22. The van der Waals surface area contributed by atoms with Gasteiger partial charge in [-0.05, 0) is 46.6 Å². The molecule has 1 saturated carbocycles. The lowest BCUT2D eigenvalue weighted by Gasteiger charge is -2.13. The van der Waals surface area contributed by atoms with Gasteiger partial charge in [-0.1, -0.05) is 0 Å². The fraction of sp³-hybridized carbons (Fsp3) is 0.769. The lowest BCUT2D eigenvalue weighted by Crippen LogP contribution is -2.34. The minimum absolute atomic E-state index is 0.000501. The molecule has 0 radical (unpaired) electrons. The summed E-state index contributed by atoms with van der Waals surface area (Å²) in [7, 11) is -1.62. The van der Waals surface area contributed by atoms with Crippen LogP contribution in [0.4, 0.5) is 0 Å². The first-order valence-electron chi connectivity index (χ1n) is 7.07. The normalized spacial score (nSPS) is 17.4. The van der Waals surface area contributed by atoms with Crippen molar-refractivity contribution in [2.75, 3.05) is 13.6 Å². The molecule has 0 aromatic carbocycles. The number of rotatable bonds is 7. The van der Waals surface area contributed by atoms with Gasteiger partial charge in [-0.25, -0.2) is 13.1 Å². The first-order valence-corrected chi connectivity index (χ1v) is 8.56. The molecule has 1 aromatic heterocycles. The highest BCUT2D eigenvalue weighted by molar-refractivity contribution is 7.89. The van der Waals surface area contributed by atoms with Crippen LogP contribution in [0.25, 0.3) is 0 Å². The van der Waals surface area contributed by atoms with Gasteiger partial charge in [0.2, 0.25) is 10.0 Å². The van der Waals surface area contributed by atoms with Crippen LogP contribution in [0.3, 0.4) is 0 Å². The van der Waals surface area contributed by atoms with Crippen molar-refractivity contribution in [3.8, 4) is 0 Å². The van der Waals surface area contributed by atoms with Gasteiger partial charge >= 0.3 is 0 Å². The van der Waals surface area contributed by atoms with Gasteiger partial charge < -0.3 is 5.32 Å². The van der Waals surface area contributed by atoms with Crippen LogP contribution in [0, 0.1) is 19.8 Å². The third kappa shape index (κ3) is 3.21. The maximum Gasteiger partial charge on any atom is 0.244 e. The average Bonchev–Trinajstić information content (AvgIpc) is 3.13. The summed E-state index contributed by atoms with van der Waals surface area (Å²) in [5.41, 5.74) is 1.27. The molecule has 0 aliphatic heterocycles. The van der Waals surface area contributed by atoms with Crippen molar-refractivity contribution in [3.63, 3.8) is 0 Å². The van der Waals surface area contributed by atoms with E-state index >= 15 is 0 Å². The van der Waals surface area contributed by atoms with Gasteiger partial charge in [0.15, 0.2) is 0 Å². The Kier molecular flexibility index (Phi) is 4.51. The molecule has 7 heteroatoms. The quantitative estimate of drug-likeness (QED) is 0.781. The number of hydrogen-bond donors (Lipinski definition) is 2. The molecule has 1 fully saturated rings. The van der Waals surface area contributed by atoms with Gasteiger partial charge in [-0.3, -0.25) is 4.68 Å². The number of nitrogens with zero attached hydrogens (tertiary/aromatic N) is 2. The predicted octanol–water partition coefficient (Wildman–Crippen LogP) is 0.796. The van der Waals surface area contributed by atoms with Crippen molar-refractivity contribution in [2.24, 2.45) is 5.92 Å². The van der Waals surface area contributed by atoms with E-state index in [0.29, 0.717) is 28.7 Å². The molecule has 0 spiro atoms. The van der Waals surface area contributed by atoms with E-state index in [0.717, 1.165) is 19.4 Å². The van der Waals surface area contributed by atoms with Gasteiger partial charge in [-0.15, -0.1) is 0 Å². The number of aryl methyl sites for hydroxylation is 1. The summed E-state index contributed by atoms with van der Waals surface area (Å²) in [6.07, 6.45) is 2.23. The fourth-order valence-electron chi connectivity index (χ4n) is 2.50. The summed E-state index contributed by atoms with van der Waals surface area (Å²) < 4.78 is 29.6. The number of hydrogen-bond acceptors (Lipinski definition) is 4. The Bertz CT molecular complexity index is 575. The van der Waals surface area contributed by atoms with Crippen LogP contribution in [-0.4, -0.2) is 37.8 Å². The zero-order chi connectivity index (χ0) is 14.9. The molecule has 0 saturated heterocycles. The number of sulfonamides is 1. The first kappa shape index (κ1) is 15.5. The molecule has 1 aliphatic carbocycles. The Balaban J connectivity index is 2.23. The van der Waals surface area contributed by atoms with Gasteiger partial charge in [-0.2, -0.15) is 5.10 Å². The van der Waals surface area contributed by atoms with Crippen LogP contribution in [-0.2, 0) is 16.6 Å². The molecule has 1 heterocycles. The van der Waals surface area contributed by atoms with E-state index < -0.39 is 10.0 Å². The molecule has 6 nitrogen and oxygen atoms in total. The zero-order valence-corrected chi connectivity index (χ0v) is 13.4. The Morgan fingerprint density at radius 2 is 2.05 bits per heavy atom. The largest absolute Gasteiger partial charge is 0.318 e. The third-order valence-corrected chi connectivity index (χ3v) is 5.64. The van der Waals surface area contributed by atoms with E-state index in [1.807, 2.05) is 20.9 Å². The van der Waals surface area contributed by atoms with Crippen molar-refractivity contribution in [1.29, 1.82) is 0 Å². The molecular formula is C13H24N4O2S. The maximum absolute atomic E-state index is 12.5. The number of likely N-dealkylation sites (N-methyl/N-ethyl adjacent to an activating group) is 1. The van der Waals surface area contributed by atoms with E-state index in [-0.39, 0.29) is 6.04 Å². The summed E-state index contributed by atoms with van der Waals surface area (Å²) in [5, 5.41) is 7.38. The van der Waals surface area contributed by atoms with Crippen LogP contribution in [0.2, 0.25) is 0 Å². The number of nitrogens with one attached hydrogen (secondary N) is 2. The predicted molar refractivity (Wildman–Crippen MR) is 78.1 cm³/mol. The lowest BCUT2D eigenvalue weighted by atomic mass is 10.2. The fourth-order valence-corrected chi connectivity index (χ4v) is 4.22.